The van der Waals surface area contributed by atoms with E-state index in [2.05, 4.69) is 0 Å². The second-order valence-corrected chi connectivity index (χ2v) is 6.76. The van der Waals surface area contributed by atoms with Crippen LogP contribution in [0.3, 0.4) is 0 Å². The zero-order chi connectivity index (χ0) is 32.0. The maximum absolute atomic E-state index is 13.3. The summed E-state index contributed by atoms with van der Waals surface area (Å²) < 4.78 is 321. The van der Waals surface area contributed by atoms with Gasteiger partial charge in [0, 0.05) is 0 Å². The van der Waals surface area contributed by atoms with Gasteiger partial charge in [-0.15, -0.1) is 0 Å². The first-order valence-corrected chi connectivity index (χ1v) is 7.68. The summed E-state index contributed by atoms with van der Waals surface area (Å²) in [6.07, 6.45) is -16.1. The van der Waals surface area contributed by atoms with Gasteiger partial charge in [0.2, 0.25) is 0 Å². The Morgan fingerprint density at radius 1 is 0.211 bits per heavy atom. The summed E-state index contributed by atoms with van der Waals surface area (Å²) >= 11 is 0. The van der Waals surface area contributed by atoms with Crippen LogP contribution in [0.2, 0.25) is 0 Å². The van der Waals surface area contributed by atoms with Crippen LogP contribution in [0, 0.1) is 0 Å². The molecule has 0 aliphatic carbocycles. The Morgan fingerprint density at radius 2 is 0.342 bits per heavy atom. The van der Waals surface area contributed by atoms with Gasteiger partial charge in [0.1, 0.15) is 0 Å². The second kappa shape index (κ2) is 8.36. The average molecular weight is 635 g/mol. The number of alkyl halides is 25. The summed E-state index contributed by atoms with van der Waals surface area (Å²) in [5, 5.41) is 9.63. The van der Waals surface area contributed by atoms with Crippen LogP contribution in [0.1, 0.15) is 0 Å². The van der Waals surface area contributed by atoms with Crippen molar-refractivity contribution in [2.45, 2.75) is 71.5 Å². The first kappa shape index (κ1) is 36.2. The molecule has 1 radical (unpaired) electrons. The van der Waals surface area contributed by atoms with Crippen LogP contribution in [0.5, 0.6) is 0 Å². The van der Waals surface area contributed by atoms with Crippen LogP contribution in [-0.2, 0) is 5.11 Å². The Morgan fingerprint density at radius 3 is 0.474 bits per heavy atom. The highest BCUT2D eigenvalue weighted by atomic mass is 19.4. The van der Waals surface area contributed by atoms with Crippen molar-refractivity contribution in [2.24, 2.45) is 0 Å². The lowest BCUT2D eigenvalue weighted by molar-refractivity contribution is -0.490. The Kier molecular flexibility index (Phi) is 7.97. The molecule has 0 saturated carbocycles. The summed E-state index contributed by atoms with van der Waals surface area (Å²) in [5.74, 6) is -92.5. The molecule has 0 aliphatic rings. The molecule has 38 heavy (non-hydrogen) atoms. The molecule has 0 aromatic heterocycles. The molecule has 0 rings (SSSR count). The molecular formula is C12F25O. The van der Waals surface area contributed by atoms with E-state index in [1.165, 1.54) is 0 Å². The largest absolute Gasteiger partial charge is 0.460 e. The van der Waals surface area contributed by atoms with Crippen molar-refractivity contribution in [3.8, 4) is 0 Å². The standard InChI is InChI=1S/C12F25O/c13-1(14,3(17,18)5(21,22)7(25,26)9(29,30)11(33,34)35)2(15,16)4(19,20)6(23,24)8(27,28)10(31,32)12(36,37)38. The van der Waals surface area contributed by atoms with Crippen molar-refractivity contribution in [1.29, 1.82) is 0 Å². The van der Waals surface area contributed by atoms with Gasteiger partial charge in [-0.1, -0.05) is 0 Å². The molecule has 0 fully saturated rings. The Labute approximate surface area is 188 Å². The third-order valence-electron chi connectivity index (χ3n) is 4.27. The van der Waals surface area contributed by atoms with E-state index in [9.17, 15) is 115 Å². The van der Waals surface area contributed by atoms with Crippen molar-refractivity contribution in [3.63, 3.8) is 0 Å². The van der Waals surface area contributed by atoms with Crippen LogP contribution < -0.4 is 0 Å². The molecule has 1 nitrogen and oxygen atoms in total. The highest BCUT2D eigenvalue weighted by Crippen LogP contribution is 2.67. The summed E-state index contributed by atoms with van der Waals surface area (Å²) in [6, 6.07) is 0. The molecule has 0 saturated heterocycles. The zero-order valence-corrected chi connectivity index (χ0v) is 15.9. The van der Waals surface area contributed by atoms with Gasteiger partial charge in [0.05, 0.1) is 0 Å². The second-order valence-electron chi connectivity index (χ2n) is 6.76. The highest BCUT2D eigenvalue weighted by molar-refractivity contribution is 5.19. The van der Waals surface area contributed by atoms with Crippen molar-refractivity contribution >= 4 is 0 Å². The molecular weight excluding hydrogens is 635 g/mol. The molecule has 0 aromatic rings. The number of hydrogen-bond acceptors (Lipinski definition) is 0. The molecule has 0 bridgehead atoms. The van der Waals surface area contributed by atoms with Crippen LogP contribution in [-0.4, -0.2) is 71.5 Å². The molecule has 0 N–H and O–H groups in total. The molecule has 229 valence electrons. The van der Waals surface area contributed by atoms with Crippen molar-refractivity contribution in [1.82, 2.24) is 0 Å². The van der Waals surface area contributed by atoms with Crippen LogP contribution >= 0.6 is 0 Å². The molecule has 0 aliphatic heterocycles. The molecule has 0 spiro atoms. The summed E-state index contributed by atoms with van der Waals surface area (Å²) in [6.45, 7) is 0. The summed E-state index contributed by atoms with van der Waals surface area (Å²) in [7, 11) is 0. The SMILES string of the molecule is [O]C(F)(F)C(F)(F)C(F)(F)C(F)(F)C(F)(F)C(F)(F)C(F)(F)C(F)(F)C(F)(F)C(F)(F)C(F)(F)C(F)(F)F. The number of halogens is 25. The van der Waals surface area contributed by atoms with E-state index in [1.54, 1.807) is 0 Å². The Hall–Kier alpha value is -1.79. The fourth-order valence-corrected chi connectivity index (χ4v) is 1.94. The van der Waals surface area contributed by atoms with Gasteiger partial charge >= 0.3 is 71.5 Å². The van der Waals surface area contributed by atoms with Crippen molar-refractivity contribution in [3.05, 3.63) is 0 Å². The molecule has 26 heteroatoms. The first-order valence-electron chi connectivity index (χ1n) is 7.68. The van der Waals surface area contributed by atoms with Crippen molar-refractivity contribution < 1.29 is 115 Å². The van der Waals surface area contributed by atoms with Gasteiger partial charge in [-0.3, -0.25) is 0 Å². The number of hydrogen-bond donors (Lipinski definition) is 0. The van der Waals surface area contributed by atoms with E-state index in [4.69, 9.17) is 0 Å². The molecule has 0 aromatic carbocycles. The Bertz CT molecular complexity index is 798. The van der Waals surface area contributed by atoms with Gasteiger partial charge in [0.15, 0.2) is 0 Å². The van der Waals surface area contributed by atoms with E-state index in [0.717, 1.165) is 0 Å². The summed E-state index contributed by atoms with van der Waals surface area (Å²) in [5.41, 5.74) is 0. The molecule has 0 atom stereocenters. The van der Waals surface area contributed by atoms with E-state index in [0.29, 0.717) is 0 Å². The lowest BCUT2D eigenvalue weighted by Crippen LogP contribution is -2.78. The van der Waals surface area contributed by atoms with Gasteiger partial charge in [-0.05, 0) is 0 Å². The third kappa shape index (κ3) is 3.99. The van der Waals surface area contributed by atoms with Gasteiger partial charge < -0.3 is 0 Å². The van der Waals surface area contributed by atoms with Crippen LogP contribution in [0.15, 0.2) is 0 Å². The fraction of sp³-hybridized carbons (Fsp3) is 1.00. The molecule has 0 heterocycles. The van der Waals surface area contributed by atoms with E-state index in [-0.39, 0.29) is 0 Å². The lowest BCUT2D eigenvalue weighted by atomic mass is 9.85. The maximum Gasteiger partial charge on any atom is 0.460 e. The molecule has 0 unspecified atom stereocenters. The van der Waals surface area contributed by atoms with Crippen LogP contribution in [0.25, 0.3) is 0 Å². The predicted octanol–water partition coefficient (Wildman–Crippen LogP) is 7.93. The number of rotatable bonds is 10. The summed E-state index contributed by atoms with van der Waals surface area (Å²) in [4.78, 5) is 0. The third-order valence-corrected chi connectivity index (χ3v) is 4.27. The Balaban J connectivity index is 7.29. The smallest absolute Gasteiger partial charge is 0.192 e. The minimum atomic E-state index is -9.63. The molecule has 0 amide bonds. The van der Waals surface area contributed by atoms with Gasteiger partial charge in [-0.2, -0.15) is 115 Å². The minimum Gasteiger partial charge on any atom is -0.192 e. The lowest BCUT2D eigenvalue weighted by Gasteiger charge is -2.45. The quantitative estimate of drug-likeness (QED) is 0.218. The first-order chi connectivity index (χ1) is 15.8. The minimum absolute atomic E-state index is 7.93. The monoisotopic (exact) mass is 635 g/mol. The topological polar surface area (TPSA) is 19.9 Å². The van der Waals surface area contributed by atoms with Gasteiger partial charge in [0.25, 0.3) is 0 Å². The highest BCUT2D eigenvalue weighted by Gasteiger charge is 2.99. The van der Waals surface area contributed by atoms with E-state index in [1.807, 2.05) is 0 Å². The maximum atomic E-state index is 13.3. The van der Waals surface area contributed by atoms with Gasteiger partial charge in [-0.25, -0.2) is 0 Å². The zero-order valence-electron chi connectivity index (χ0n) is 15.9. The fourth-order valence-electron chi connectivity index (χ4n) is 1.94. The average Bonchev–Trinajstić information content (AvgIpc) is 2.64. The van der Waals surface area contributed by atoms with E-state index < -0.39 is 71.5 Å². The predicted molar refractivity (Wildman–Crippen MR) is 61.2 cm³/mol. The van der Waals surface area contributed by atoms with Crippen molar-refractivity contribution in [2.75, 3.05) is 0 Å². The normalized spacial score (nSPS) is 17.2. The van der Waals surface area contributed by atoms with Crippen LogP contribution in [0.4, 0.5) is 110 Å². The van der Waals surface area contributed by atoms with E-state index >= 15 is 0 Å².